The number of carboxylic acid groups (broad SMARTS) is 1. The molecule has 4 heteroatoms. The molecule has 136 valence electrons. The van der Waals surface area contributed by atoms with Crippen molar-refractivity contribution in [2.45, 2.75) is 37.7 Å². The Balaban J connectivity index is 0.000000431. The molecule has 4 nitrogen and oxygen atoms in total. The lowest BCUT2D eigenvalue weighted by molar-refractivity contribution is -0.131. The zero-order chi connectivity index (χ0) is 19.0. The standard InChI is InChI=1S/C19H20O2.C3H4O2/c20-18(15-9-3-1-4-10-15)16-11-5-6-12-17(16)19(21)13-7-2-8-14-19;1-2-3(4)5/h1,3-6,9-12,21H,2,7-8,13-14H2;2H,1H2,(H,4,5). The van der Waals surface area contributed by atoms with E-state index in [1.165, 1.54) is 0 Å². The van der Waals surface area contributed by atoms with Gasteiger partial charge in [0, 0.05) is 17.2 Å². The van der Waals surface area contributed by atoms with Crippen LogP contribution < -0.4 is 0 Å². The summed E-state index contributed by atoms with van der Waals surface area (Å²) in [5.74, 6) is -0.991. The Kier molecular flexibility index (Phi) is 6.87. The molecule has 0 spiro atoms. The summed E-state index contributed by atoms with van der Waals surface area (Å²) in [6, 6.07) is 16.8. The predicted molar refractivity (Wildman–Crippen MR) is 101 cm³/mol. The molecule has 3 rings (SSSR count). The number of hydrogen-bond donors (Lipinski definition) is 2. The van der Waals surface area contributed by atoms with Crippen molar-refractivity contribution < 1.29 is 19.8 Å². The molecule has 0 unspecified atom stereocenters. The third kappa shape index (κ3) is 4.90. The molecule has 1 aliphatic rings. The van der Waals surface area contributed by atoms with Crippen LogP contribution in [0.1, 0.15) is 53.6 Å². The van der Waals surface area contributed by atoms with E-state index in [-0.39, 0.29) is 5.78 Å². The van der Waals surface area contributed by atoms with Crippen LogP contribution in [0.4, 0.5) is 0 Å². The van der Waals surface area contributed by atoms with Crippen LogP contribution in [-0.2, 0) is 10.4 Å². The minimum absolute atomic E-state index is 0.00908. The van der Waals surface area contributed by atoms with Gasteiger partial charge in [-0.2, -0.15) is 0 Å². The van der Waals surface area contributed by atoms with Gasteiger partial charge in [-0.1, -0.05) is 80.4 Å². The normalized spacial score (nSPS) is 15.3. The van der Waals surface area contributed by atoms with E-state index in [0.29, 0.717) is 11.1 Å². The summed E-state index contributed by atoms with van der Waals surface area (Å²) in [7, 11) is 0. The first-order valence-corrected chi connectivity index (χ1v) is 8.75. The monoisotopic (exact) mass is 352 g/mol. The van der Waals surface area contributed by atoms with Crippen molar-refractivity contribution in [2.75, 3.05) is 0 Å². The fourth-order valence-corrected chi connectivity index (χ4v) is 3.24. The predicted octanol–water partition coefficient (Wildman–Crippen LogP) is 4.33. The lowest BCUT2D eigenvalue weighted by Gasteiger charge is -2.33. The van der Waals surface area contributed by atoms with Gasteiger partial charge < -0.3 is 10.2 Å². The van der Waals surface area contributed by atoms with Gasteiger partial charge >= 0.3 is 5.97 Å². The Hall–Kier alpha value is -2.72. The SMILES string of the molecule is C=CC(=O)O.O=C(c1ccccc1)c1ccccc1C1(O)CCCCC1. The fourth-order valence-electron chi connectivity index (χ4n) is 3.24. The quantitative estimate of drug-likeness (QED) is 0.634. The number of ketones is 1. The number of hydrogen-bond acceptors (Lipinski definition) is 3. The largest absolute Gasteiger partial charge is 0.478 e. The topological polar surface area (TPSA) is 74.6 Å². The van der Waals surface area contributed by atoms with E-state index in [1.54, 1.807) is 0 Å². The Labute approximate surface area is 153 Å². The number of carbonyl (C=O) groups is 2. The highest BCUT2D eigenvalue weighted by Gasteiger charge is 2.34. The molecule has 1 saturated carbocycles. The van der Waals surface area contributed by atoms with Crippen molar-refractivity contribution in [3.63, 3.8) is 0 Å². The van der Waals surface area contributed by atoms with Crippen LogP contribution >= 0.6 is 0 Å². The van der Waals surface area contributed by atoms with Crippen molar-refractivity contribution in [3.05, 3.63) is 83.9 Å². The first kappa shape index (κ1) is 19.6. The van der Waals surface area contributed by atoms with Crippen molar-refractivity contribution in [2.24, 2.45) is 0 Å². The molecule has 0 aromatic heterocycles. The highest BCUT2D eigenvalue weighted by atomic mass is 16.4. The van der Waals surface area contributed by atoms with E-state index in [2.05, 4.69) is 6.58 Å². The molecule has 0 saturated heterocycles. The van der Waals surface area contributed by atoms with Crippen LogP contribution in [0, 0.1) is 0 Å². The molecule has 0 bridgehead atoms. The first-order chi connectivity index (χ1) is 12.5. The summed E-state index contributed by atoms with van der Waals surface area (Å²) in [6.07, 6.45) is 5.52. The minimum atomic E-state index is -0.981. The summed E-state index contributed by atoms with van der Waals surface area (Å²) in [4.78, 5) is 22.0. The molecule has 0 heterocycles. The second kappa shape index (κ2) is 9.11. The third-order valence-electron chi connectivity index (χ3n) is 4.56. The van der Waals surface area contributed by atoms with Gasteiger partial charge in [-0.25, -0.2) is 4.79 Å². The Morgan fingerprint density at radius 2 is 1.46 bits per heavy atom. The minimum Gasteiger partial charge on any atom is -0.478 e. The average Bonchev–Trinajstić information content (AvgIpc) is 2.69. The van der Waals surface area contributed by atoms with E-state index in [9.17, 15) is 14.7 Å². The number of carboxylic acids is 1. The lowest BCUT2D eigenvalue weighted by atomic mass is 9.77. The highest BCUT2D eigenvalue weighted by Crippen LogP contribution is 2.38. The molecule has 0 aliphatic heterocycles. The number of benzene rings is 2. The zero-order valence-corrected chi connectivity index (χ0v) is 14.7. The van der Waals surface area contributed by atoms with Crippen LogP contribution in [0.2, 0.25) is 0 Å². The number of aliphatic carboxylic acids is 1. The molecule has 2 aromatic rings. The Bertz CT molecular complexity index is 759. The Morgan fingerprint density at radius 3 is 2.04 bits per heavy atom. The number of carbonyl (C=O) groups excluding carboxylic acids is 1. The molecule has 1 fully saturated rings. The number of rotatable bonds is 4. The molecule has 0 atom stereocenters. The van der Waals surface area contributed by atoms with E-state index in [4.69, 9.17) is 5.11 Å². The van der Waals surface area contributed by atoms with Gasteiger partial charge in [-0.05, 0) is 18.4 Å². The zero-order valence-electron chi connectivity index (χ0n) is 14.7. The van der Waals surface area contributed by atoms with Crippen LogP contribution in [0.3, 0.4) is 0 Å². The summed E-state index contributed by atoms with van der Waals surface area (Å²) in [5.41, 5.74) is 1.25. The average molecular weight is 352 g/mol. The van der Waals surface area contributed by atoms with Gasteiger partial charge in [0.2, 0.25) is 0 Å². The summed E-state index contributed by atoms with van der Waals surface area (Å²) in [5, 5.41) is 18.6. The number of aliphatic hydroxyl groups is 1. The van der Waals surface area contributed by atoms with Gasteiger partial charge in [-0.3, -0.25) is 4.79 Å². The van der Waals surface area contributed by atoms with Gasteiger partial charge in [0.15, 0.2) is 5.78 Å². The molecular formula is C22H24O4. The highest BCUT2D eigenvalue weighted by molar-refractivity contribution is 6.10. The van der Waals surface area contributed by atoms with Crippen LogP contribution in [0.5, 0.6) is 0 Å². The summed E-state index contributed by atoms with van der Waals surface area (Å²) in [6.45, 7) is 2.96. The van der Waals surface area contributed by atoms with Crippen LogP contribution in [-0.4, -0.2) is 22.0 Å². The van der Waals surface area contributed by atoms with E-state index >= 15 is 0 Å². The second-order valence-electron chi connectivity index (χ2n) is 6.38. The maximum Gasteiger partial charge on any atom is 0.327 e. The van der Waals surface area contributed by atoms with Crippen LogP contribution in [0.15, 0.2) is 67.3 Å². The van der Waals surface area contributed by atoms with Crippen molar-refractivity contribution in [3.8, 4) is 0 Å². The van der Waals surface area contributed by atoms with Crippen molar-refractivity contribution in [1.29, 1.82) is 0 Å². The third-order valence-corrected chi connectivity index (χ3v) is 4.56. The summed E-state index contributed by atoms with van der Waals surface area (Å²) >= 11 is 0. The fraction of sp³-hybridized carbons (Fsp3) is 0.273. The molecule has 26 heavy (non-hydrogen) atoms. The Morgan fingerprint density at radius 1 is 0.923 bits per heavy atom. The van der Waals surface area contributed by atoms with E-state index in [0.717, 1.165) is 43.7 Å². The molecule has 2 aromatic carbocycles. The molecule has 0 radical (unpaired) electrons. The lowest BCUT2D eigenvalue weighted by Crippen LogP contribution is -2.30. The smallest absolute Gasteiger partial charge is 0.327 e. The van der Waals surface area contributed by atoms with Gasteiger partial charge in [-0.15, -0.1) is 0 Å². The maximum absolute atomic E-state index is 12.7. The molecule has 2 N–H and O–H groups in total. The van der Waals surface area contributed by atoms with Gasteiger partial charge in [0.25, 0.3) is 0 Å². The van der Waals surface area contributed by atoms with E-state index in [1.807, 2.05) is 54.6 Å². The van der Waals surface area contributed by atoms with E-state index < -0.39 is 11.6 Å². The molecule has 1 aliphatic carbocycles. The first-order valence-electron chi connectivity index (χ1n) is 8.75. The van der Waals surface area contributed by atoms with Gasteiger partial charge in [0.05, 0.1) is 5.60 Å². The summed E-state index contributed by atoms with van der Waals surface area (Å²) < 4.78 is 0. The van der Waals surface area contributed by atoms with Gasteiger partial charge in [0.1, 0.15) is 0 Å². The van der Waals surface area contributed by atoms with Crippen molar-refractivity contribution in [1.82, 2.24) is 0 Å². The molecular weight excluding hydrogens is 328 g/mol. The van der Waals surface area contributed by atoms with Crippen molar-refractivity contribution >= 4 is 11.8 Å². The maximum atomic E-state index is 12.7. The second-order valence-corrected chi connectivity index (χ2v) is 6.38. The van der Waals surface area contributed by atoms with Crippen LogP contribution in [0.25, 0.3) is 0 Å². The molecule has 0 amide bonds.